The Bertz CT molecular complexity index is 595. The predicted octanol–water partition coefficient (Wildman–Crippen LogP) is 2.38. The molecule has 0 spiro atoms. The quantitative estimate of drug-likeness (QED) is 0.483. The van der Waals surface area contributed by atoms with Crippen LogP contribution in [-0.2, 0) is 16.2 Å². The molecular weight excluding hydrogens is 286 g/mol. The van der Waals surface area contributed by atoms with Crippen molar-refractivity contribution in [2.75, 3.05) is 13.7 Å². The van der Waals surface area contributed by atoms with Crippen LogP contribution in [0.2, 0.25) is 25.7 Å². The lowest BCUT2D eigenvalue weighted by molar-refractivity contribution is -0.0796. The summed E-state index contributed by atoms with van der Waals surface area (Å²) in [4.78, 5) is 4.31. The van der Waals surface area contributed by atoms with Crippen LogP contribution in [0.4, 0.5) is 0 Å². The smallest absolute Gasteiger partial charge is 0.200 e. The van der Waals surface area contributed by atoms with E-state index in [1.54, 1.807) is 10.9 Å². The van der Waals surface area contributed by atoms with E-state index in [2.05, 4.69) is 29.7 Å². The van der Waals surface area contributed by atoms with Gasteiger partial charge in [0.05, 0.1) is 0 Å². The van der Waals surface area contributed by atoms with E-state index in [0.29, 0.717) is 24.7 Å². The highest BCUT2D eigenvalue weighted by Gasteiger charge is 2.18. The molecule has 1 atom stereocenters. The summed E-state index contributed by atoms with van der Waals surface area (Å²) in [6.45, 7) is 7.98. The van der Waals surface area contributed by atoms with Crippen LogP contribution >= 0.6 is 0 Å². The molecule has 1 N–H and O–H groups in total. The van der Waals surface area contributed by atoms with Crippen molar-refractivity contribution in [2.45, 2.75) is 38.7 Å². The summed E-state index contributed by atoms with van der Waals surface area (Å²) in [6, 6.07) is 4.78. The van der Waals surface area contributed by atoms with E-state index in [1.165, 1.54) is 7.11 Å². The van der Waals surface area contributed by atoms with Crippen LogP contribution < -0.4 is 0 Å². The molecule has 21 heavy (non-hydrogen) atoms. The average molecular weight is 309 g/mol. The van der Waals surface area contributed by atoms with Gasteiger partial charge in [-0.3, -0.25) is 0 Å². The summed E-state index contributed by atoms with van der Waals surface area (Å²) >= 11 is 0. The maximum atomic E-state index is 9.86. The van der Waals surface area contributed by atoms with Crippen molar-refractivity contribution in [3.63, 3.8) is 0 Å². The van der Waals surface area contributed by atoms with Gasteiger partial charge >= 0.3 is 0 Å². The van der Waals surface area contributed by atoms with Crippen LogP contribution in [0.25, 0.3) is 11.0 Å². The zero-order valence-corrected chi connectivity index (χ0v) is 14.0. The van der Waals surface area contributed by atoms with Crippen LogP contribution in [0.5, 0.6) is 0 Å². The molecule has 0 aromatic carbocycles. The highest BCUT2D eigenvalue weighted by molar-refractivity contribution is 6.76. The second-order valence-corrected chi connectivity index (χ2v) is 11.8. The van der Waals surface area contributed by atoms with Gasteiger partial charge in [-0.05, 0) is 18.2 Å². The third-order valence-corrected chi connectivity index (χ3v) is 4.91. The van der Waals surface area contributed by atoms with E-state index < -0.39 is 14.4 Å². The van der Waals surface area contributed by atoms with Crippen LogP contribution in [0.3, 0.4) is 0 Å². The van der Waals surface area contributed by atoms with E-state index in [9.17, 15) is 5.11 Å². The number of fused-ring (bicyclic) bond motifs is 1. The predicted molar refractivity (Wildman–Crippen MR) is 83.6 cm³/mol. The number of aromatic nitrogens is 3. The Morgan fingerprint density at radius 1 is 1.38 bits per heavy atom. The van der Waals surface area contributed by atoms with Crippen molar-refractivity contribution in [2.24, 2.45) is 0 Å². The van der Waals surface area contributed by atoms with Crippen molar-refractivity contribution in [3.8, 4) is 0 Å². The molecule has 116 valence electrons. The first-order chi connectivity index (χ1) is 9.92. The maximum absolute atomic E-state index is 9.86. The molecule has 7 heteroatoms. The lowest BCUT2D eigenvalue weighted by Crippen LogP contribution is -2.22. The Balaban J connectivity index is 2.13. The van der Waals surface area contributed by atoms with Gasteiger partial charge in [0.2, 0.25) is 6.29 Å². The van der Waals surface area contributed by atoms with Crippen molar-refractivity contribution in [1.29, 1.82) is 0 Å². The fourth-order valence-corrected chi connectivity index (χ4v) is 2.70. The SMILES string of the molecule is COC(O)c1nn(COCC[Si](C)(C)C)c2ncccc12. The zero-order chi connectivity index (χ0) is 15.5. The number of hydrogen-bond donors (Lipinski definition) is 1. The maximum Gasteiger partial charge on any atom is 0.200 e. The molecule has 0 aliphatic rings. The van der Waals surface area contributed by atoms with Gasteiger partial charge in [-0.2, -0.15) is 5.10 Å². The molecule has 0 amide bonds. The standard InChI is InChI=1S/C14H23N3O3Si/c1-19-14(18)12-11-6-5-7-15-13(11)17(16-12)10-20-8-9-21(2,3)4/h5-7,14,18H,8-10H2,1-4H3. The van der Waals surface area contributed by atoms with Gasteiger partial charge in [-0.1, -0.05) is 19.6 Å². The monoisotopic (exact) mass is 309 g/mol. The van der Waals surface area contributed by atoms with E-state index >= 15 is 0 Å². The molecule has 1 unspecified atom stereocenters. The van der Waals surface area contributed by atoms with E-state index in [0.717, 1.165) is 11.4 Å². The Morgan fingerprint density at radius 3 is 2.81 bits per heavy atom. The number of rotatable bonds is 7. The topological polar surface area (TPSA) is 69.4 Å². The molecule has 0 fully saturated rings. The van der Waals surface area contributed by atoms with Crippen LogP contribution in [0.1, 0.15) is 12.0 Å². The number of aliphatic hydroxyl groups is 1. The zero-order valence-electron chi connectivity index (χ0n) is 13.0. The highest BCUT2D eigenvalue weighted by Crippen LogP contribution is 2.22. The molecule has 0 saturated heterocycles. The number of aliphatic hydroxyl groups excluding tert-OH is 1. The average Bonchev–Trinajstić information content (AvgIpc) is 2.81. The highest BCUT2D eigenvalue weighted by atomic mass is 28.3. The molecule has 0 saturated carbocycles. The minimum atomic E-state index is -1.10. The fraction of sp³-hybridized carbons (Fsp3) is 0.571. The molecule has 0 aliphatic carbocycles. The van der Waals surface area contributed by atoms with Gasteiger partial charge < -0.3 is 14.6 Å². The Morgan fingerprint density at radius 2 is 2.14 bits per heavy atom. The molecule has 0 radical (unpaired) electrons. The Labute approximate surface area is 125 Å². The van der Waals surface area contributed by atoms with E-state index in [4.69, 9.17) is 9.47 Å². The molecule has 2 rings (SSSR count). The van der Waals surface area contributed by atoms with Gasteiger partial charge in [0.15, 0.2) is 5.65 Å². The largest absolute Gasteiger partial charge is 0.363 e. The normalized spacial score (nSPS) is 13.8. The number of ether oxygens (including phenoxy) is 2. The van der Waals surface area contributed by atoms with Gasteiger partial charge in [-0.15, -0.1) is 0 Å². The summed E-state index contributed by atoms with van der Waals surface area (Å²) in [5, 5.41) is 15.0. The summed E-state index contributed by atoms with van der Waals surface area (Å²) < 4.78 is 12.3. The summed E-state index contributed by atoms with van der Waals surface area (Å²) in [5.74, 6) is 0. The van der Waals surface area contributed by atoms with Crippen LogP contribution in [0.15, 0.2) is 18.3 Å². The summed E-state index contributed by atoms with van der Waals surface area (Å²) in [6.07, 6.45) is 0.644. The Hall–Kier alpha value is -1.28. The first-order valence-corrected chi connectivity index (χ1v) is 10.7. The summed E-state index contributed by atoms with van der Waals surface area (Å²) in [5.41, 5.74) is 1.16. The van der Waals surface area contributed by atoms with E-state index in [1.807, 2.05) is 12.1 Å². The third kappa shape index (κ3) is 4.10. The number of nitrogens with zero attached hydrogens (tertiary/aromatic N) is 3. The minimum Gasteiger partial charge on any atom is -0.363 e. The van der Waals surface area contributed by atoms with Gasteiger partial charge in [-0.25, -0.2) is 9.67 Å². The fourth-order valence-electron chi connectivity index (χ4n) is 1.95. The first kappa shape index (κ1) is 16.1. The molecule has 0 bridgehead atoms. The summed E-state index contributed by atoms with van der Waals surface area (Å²) in [7, 11) is 0.343. The lowest BCUT2D eigenvalue weighted by atomic mass is 10.2. The number of hydrogen-bond acceptors (Lipinski definition) is 5. The third-order valence-electron chi connectivity index (χ3n) is 3.20. The van der Waals surface area contributed by atoms with Crippen LogP contribution in [-0.4, -0.2) is 41.7 Å². The molecule has 2 aromatic heterocycles. The molecule has 2 aromatic rings. The van der Waals surface area contributed by atoms with E-state index in [-0.39, 0.29) is 0 Å². The Kier molecular flexibility index (Phi) is 5.10. The lowest BCUT2D eigenvalue weighted by Gasteiger charge is -2.15. The van der Waals surface area contributed by atoms with Crippen molar-refractivity contribution < 1.29 is 14.6 Å². The van der Waals surface area contributed by atoms with Crippen molar-refractivity contribution >= 4 is 19.1 Å². The molecule has 6 nitrogen and oxygen atoms in total. The minimum absolute atomic E-state index is 0.328. The van der Waals surface area contributed by atoms with Crippen molar-refractivity contribution in [1.82, 2.24) is 14.8 Å². The second kappa shape index (κ2) is 6.65. The molecule has 2 heterocycles. The number of pyridine rings is 1. The van der Waals surface area contributed by atoms with Gasteiger partial charge in [0.1, 0.15) is 12.4 Å². The van der Waals surface area contributed by atoms with Crippen LogP contribution in [0, 0.1) is 0 Å². The first-order valence-electron chi connectivity index (χ1n) is 7.02. The second-order valence-electron chi connectivity index (χ2n) is 6.20. The number of methoxy groups -OCH3 is 1. The van der Waals surface area contributed by atoms with Gasteiger partial charge in [0.25, 0.3) is 0 Å². The molecular formula is C14H23N3O3Si. The van der Waals surface area contributed by atoms with Crippen molar-refractivity contribution in [3.05, 3.63) is 24.0 Å². The molecule has 0 aliphatic heterocycles. The van der Waals surface area contributed by atoms with Gasteiger partial charge in [0, 0.05) is 33.4 Å².